The van der Waals surface area contributed by atoms with Crippen molar-refractivity contribution in [3.8, 4) is 17.0 Å². The summed E-state index contributed by atoms with van der Waals surface area (Å²) in [7, 11) is 4.93. The van der Waals surface area contributed by atoms with Crippen LogP contribution in [0.5, 0.6) is 5.75 Å². The molecule has 1 aromatic heterocycles. The highest BCUT2D eigenvalue weighted by atomic mass is 16.7. The maximum atomic E-state index is 5.52. The molecule has 0 bridgehead atoms. The maximum Gasteiger partial charge on any atom is 0.200 e. The fourth-order valence-corrected chi connectivity index (χ4v) is 2.83. The van der Waals surface area contributed by atoms with E-state index in [1.165, 1.54) is 0 Å². The summed E-state index contributed by atoms with van der Waals surface area (Å²) in [6, 6.07) is 18.0. The molecule has 0 fully saturated rings. The van der Waals surface area contributed by atoms with Gasteiger partial charge in [0.2, 0.25) is 6.29 Å². The predicted molar refractivity (Wildman–Crippen MR) is 96.5 cm³/mol. The van der Waals surface area contributed by atoms with E-state index in [1.807, 2.05) is 60.9 Å². The molecule has 0 saturated heterocycles. The molecule has 3 aromatic rings. The Bertz CT molecular complexity index is 794. The molecule has 0 aliphatic heterocycles. The highest BCUT2D eigenvalue weighted by Crippen LogP contribution is 2.30. The summed E-state index contributed by atoms with van der Waals surface area (Å²) < 4.78 is 18.3. The Labute approximate surface area is 147 Å². The van der Waals surface area contributed by atoms with Crippen LogP contribution >= 0.6 is 0 Å². The molecule has 0 amide bonds. The van der Waals surface area contributed by atoms with Gasteiger partial charge in [-0.2, -0.15) is 0 Å². The number of methoxy groups -OCH3 is 3. The summed E-state index contributed by atoms with van der Waals surface area (Å²) in [4.78, 5) is 4.61. The van der Waals surface area contributed by atoms with Crippen LogP contribution in [0.25, 0.3) is 11.3 Å². The maximum absolute atomic E-state index is 5.52. The van der Waals surface area contributed by atoms with Gasteiger partial charge in [0.05, 0.1) is 19.1 Å². The second-order valence-electron chi connectivity index (χ2n) is 5.62. The lowest BCUT2D eigenvalue weighted by atomic mass is 10.1. The zero-order valence-corrected chi connectivity index (χ0v) is 14.7. The minimum Gasteiger partial charge on any atom is -0.497 e. The third kappa shape index (κ3) is 3.73. The van der Waals surface area contributed by atoms with Gasteiger partial charge in [0, 0.05) is 26.3 Å². The number of aromatic nitrogens is 2. The molecule has 5 heteroatoms. The lowest BCUT2D eigenvalue weighted by Gasteiger charge is -2.18. The molecule has 1 heterocycles. The average molecular weight is 338 g/mol. The molecular weight excluding hydrogens is 316 g/mol. The first-order valence-corrected chi connectivity index (χ1v) is 8.05. The Morgan fingerprint density at radius 1 is 0.920 bits per heavy atom. The van der Waals surface area contributed by atoms with Crippen LogP contribution in [0.15, 0.2) is 60.9 Å². The van der Waals surface area contributed by atoms with Gasteiger partial charge in [-0.3, -0.25) is 0 Å². The first-order chi connectivity index (χ1) is 12.3. The van der Waals surface area contributed by atoms with Gasteiger partial charge in [-0.05, 0) is 17.7 Å². The van der Waals surface area contributed by atoms with Crippen molar-refractivity contribution < 1.29 is 14.2 Å². The van der Waals surface area contributed by atoms with E-state index < -0.39 is 6.29 Å². The Balaban J connectivity index is 1.99. The van der Waals surface area contributed by atoms with Crippen LogP contribution in [-0.2, 0) is 16.0 Å². The van der Waals surface area contributed by atoms with E-state index in [4.69, 9.17) is 14.2 Å². The number of rotatable bonds is 7. The summed E-state index contributed by atoms with van der Waals surface area (Å²) >= 11 is 0. The predicted octanol–water partition coefficient (Wildman–Crippen LogP) is 3.90. The van der Waals surface area contributed by atoms with Crippen molar-refractivity contribution in [2.45, 2.75) is 12.8 Å². The van der Waals surface area contributed by atoms with Gasteiger partial charge in [-0.1, -0.05) is 42.5 Å². The highest BCUT2D eigenvalue weighted by molar-refractivity contribution is 5.62. The van der Waals surface area contributed by atoms with E-state index in [1.54, 1.807) is 21.3 Å². The van der Waals surface area contributed by atoms with E-state index >= 15 is 0 Å². The van der Waals surface area contributed by atoms with Gasteiger partial charge >= 0.3 is 0 Å². The molecule has 3 rings (SSSR count). The van der Waals surface area contributed by atoms with Gasteiger partial charge in [0.15, 0.2) is 0 Å². The molecule has 0 aliphatic rings. The highest BCUT2D eigenvalue weighted by Gasteiger charge is 2.22. The van der Waals surface area contributed by atoms with Crippen LogP contribution in [0.3, 0.4) is 0 Å². The second kappa shape index (κ2) is 7.96. The van der Waals surface area contributed by atoms with Gasteiger partial charge in [-0.15, -0.1) is 0 Å². The van der Waals surface area contributed by atoms with Crippen LogP contribution in [0.4, 0.5) is 0 Å². The van der Waals surface area contributed by atoms with E-state index in [9.17, 15) is 0 Å². The normalized spacial score (nSPS) is 11.0. The molecule has 0 N–H and O–H groups in total. The van der Waals surface area contributed by atoms with E-state index in [0.29, 0.717) is 6.54 Å². The molecule has 0 atom stereocenters. The molecule has 0 unspecified atom stereocenters. The number of nitrogens with zero attached hydrogens (tertiary/aromatic N) is 2. The minimum atomic E-state index is -0.490. The molecule has 0 aliphatic carbocycles. The quantitative estimate of drug-likeness (QED) is 0.613. The summed E-state index contributed by atoms with van der Waals surface area (Å²) in [6.07, 6.45) is 1.34. The van der Waals surface area contributed by atoms with E-state index in [2.05, 4.69) is 9.55 Å². The number of imidazole rings is 1. The zero-order valence-electron chi connectivity index (χ0n) is 14.7. The third-order valence-electron chi connectivity index (χ3n) is 4.09. The molecule has 5 nitrogen and oxygen atoms in total. The largest absolute Gasteiger partial charge is 0.497 e. The summed E-state index contributed by atoms with van der Waals surface area (Å²) in [5, 5.41) is 0. The van der Waals surface area contributed by atoms with Gasteiger partial charge in [0.25, 0.3) is 0 Å². The first-order valence-electron chi connectivity index (χ1n) is 8.05. The van der Waals surface area contributed by atoms with Gasteiger partial charge < -0.3 is 18.8 Å². The fourth-order valence-electron chi connectivity index (χ4n) is 2.83. The summed E-state index contributed by atoms with van der Waals surface area (Å²) in [5.74, 6) is 0.839. The van der Waals surface area contributed by atoms with Gasteiger partial charge in [0.1, 0.15) is 11.4 Å². The van der Waals surface area contributed by atoms with Crippen LogP contribution in [0.2, 0.25) is 0 Å². The SMILES string of the molecule is COc1ccc(Cn2cnc(-c3ccccc3)c2C(OC)OC)cc1. The average Bonchev–Trinajstić information content (AvgIpc) is 3.08. The van der Waals surface area contributed by atoms with E-state index in [-0.39, 0.29) is 0 Å². The van der Waals surface area contributed by atoms with Crippen molar-refractivity contribution in [1.29, 1.82) is 0 Å². The monoisotopic (exact) mass is 338 g/mol. The van der Waals surface area contributed by atoms with Crippen molar-refractivity contribution in [3.05, 3.63) is 72.2 Å². The molecule has 25 heavy (non-hydrogen) atoms. The standard InChI is InChI=1S/C20H22N2O3/c1-23-17-11-9-15(10-12-17)13-22-14-21-18(16-7-5-4-6-8-16)19(22)20(24-2)25-3/h4-12,14,20H,13H2,1-3H3. The van der Waals surface area contributed by atoms with Crippen molar-refractivity contribution in [3.63, 3.8) is 0 Å². The lowest BCUT2D eigenvalue weighted by Crippen LogP contribution is -2.12. The Hall–Kier alpha value is -2.63. The van der Waals surface area contributed by atoms with E-state index in [0.717, 1.165) is 28.3 Å². The van der Waals surface area contributed by atoms with Crippen molar-refractivity contribution in [2.24, 2.45) is 0 Å². The van der Waals surface area contributed by atoms with Crippen molar-refractivity contribution >= 4 is 0 Å². The topological polar surface area (TPSA) is 45.5 Å². The van der Waals surface area contributed by atoms with Crippen LogP contribution in [0.1, 0.15) is 17.5 Å². The van der Waals surface area contributed by atoms with Gasteiger partial charge in [-0.25, -0.2) is 4.98 Å². The second-order valence-corrected chi connectivity index (χ2v) is 5.62. The number of benzene rings is 2. The molecule has 0 radical (unpaired) electrons. The van der Waals surface area contributed by atoms with Crippen LogP contribution in [-0.4, -0.2) is 30.9 Å². The molecule has 0 spiro atoms. The third-order valence-corrected chi connectivity index (χ3v) is 4.09. The first kappa shape index (κ1) is 17.2. The molecular formula is C20H22N2O3. The summed E-state index contributed by atoms with van der Waals surface area (Å²) in [6.45, 7) is 0.669. The Kier molecular flexibility index (Phi) is 5.48. The van der Waals surface area contributed by atoms with Crippen LogP contribution < -0.4 is 4.74 Å². The Morgan fingerprint density at radius 2 is 1.60 bits per heavy atom. The Morgan fingerprint density at radius 3 is 2.20 bits per heavy atom. The number of hydrogen-bond acceptors (Lipinski definition) is 4. The van der Waals surface area contributed by atoms with Crippen molar-refractivity contribution in [1.82, 2.24) is 9.55 Å². The zero-order chi connectivity index (χ0) is 17.6. The number of hydrogen-bond donors (Lipinski definition) is 0. The van der Waals surface area contributed by atoms with Crippen molar-refractivity contribution in [2.75, 3.05) is 21.3 Å². The molecule has 2 aromatic carbocycles. The lowest BCUT2D eigenvalue weighted by molar-refractivity contribution is -0.110. The number of ether oxygens (including phenoxy) is 3. The fraction of sp³-hybridized carbons (Fsp3) is 0.250. The molecule has 0 saturated carbocycles. The smallest absolute Gasteiger partial charge is 0.200 e. The van der Waals surface area contributed by atoms with Crippen LogP contribution in [0, 0.1) is 0 Å². The molecule has 130 valence electrons. The minimum absolute atomic E-state index is 0.490. The summed E-state index contributed by atoms with van der Waals surface area (Å²) in [5.41, 5.74) is 3.94.